The predicted molar refractivity (Wildman–Crippen MR) is 178 cm³/mol. The van der Waals surface area contributed by atoms with Crippen LogP contribution < -0.4 is 5.73 Å². The minimum Gasteiger partial charge on any atom is -0.462 e. The number of unbranched alkanes of at least 4 members (excludes halogenated alkanes) is 21. The summed E-state index contributed by atoms with van der Waals surface area (Å²) in [6.07, 6.45) is 27.0. The predicted octanol–water partition coefficient (Wildman–Crippen LogP) is 9.33. The zero-order valence-corrected chi connectivity index (χ0v) is 29.3. The maximum Gasteiger partial charge on any atom is 0.472 e. The summed E-state index contributed by atoms with van der Waals surface area (Å²) in [5.41, 5.74) is 5.32. The number of hydrogen-bond acceptors (Lipinski definition) is 8. The van der Waals surface area contributed by atoms with Crippen molar-refractivity contribution in [2.45, 2.75) is 180 Å². The van der Waals surface area contributed by atoms with Gasteiger partial charge in [-0.05, 0) is 12.8 Å². The molecule has 2 unspecified atom stereocenters. The summed E-state index contributed by atoms with van der Waals surface area (Å²) in [6.45, 7) is 3.71. The highest BCUT2D eigenvalue weighted by Crippen LogP contribution is 2.43. The molecule has 0 fully saturated rings. The van der Waals surface area contributed by atoms with E-state index in [-0.39, 0.29) is 38.6 Å². The highest BCUT2D eigenvalue weighted by Gasteiger charge is 2.25. The van der Waals surface area contributed by atoms with Gasteiger partial charge in [0.25, 0.3) is 0 Å². The fourth-order valence-electron chi connectivity index (χ4n) is 5.05. The highest BCUT2D eigenvalue weighted by atomic mass is 31.2. The Morgan fingerprint density at radius 1 is 0.591 bits per heavy atom. The normalized spacial score (nSPS) is 13.5. The Morgan fingerprint density at radius 2 is 0.977 bits per heavy atom. The number of phosphoric ester groups is 1. The first-order valence-electron chi connectivity index (χ1n) is 18.0. The van der Waals surface area contributed by atoms with Crippen LogP contribution in [0.15, 0.2) is 0 Å². The summed E-state index contributed by atoms with van der Waals surface area (Å²) in [4.78, 5) is 34.5. The van der Waals surface area contributed by atoms with Gasteiger partial charge in [0.05, 0.1) is 13.2 Å². The van der Waals surface area contributed by atoms with Crippen molar-refractivity contribution in [3.63, 3.8) is 0 Å². The SMILES string of the molecule is CCCCCCCCCCCCCCCC(=O)OCC(COP(=O)(O)OCCN)OC(=O)CCCCCCCCCCCC. The topological polar surface area (TPSA) is 134 Å². The summed E-state index contributed by atoms with van der Waals surface area (Å²) >= 11 is 0. The molecule has 0 aromatic carbocycles. The lowest BCUT2D eigenvalue weighted by Crippen LogP contribution is -2.29. The van der Waals surface area contributed by atoms with Crippen LogP contribution in [0.1, 0.15) is 174 Å². The number of carbonyl (C=O) groups is 2. The third-order valence-electron chi connectivity index (χ3n) is 7.74. The van der Waals surface area contributed by atoms with E-state index >= 15 is 0 Å². The molecule has 0 rings (SSSR count). The van der Waals surface area contributed by atoms with Crippen molar-refractivity contribution in [3.8, 4) is 0 Å². The first kappa shape index (κ1) is 43.0. The molecule has 0 amide bonds. The molecule has 0 spiro atoms. The monoisotopic (exact) mass is 649 g/mol. The van der Waals surface area contributed by atoms with Gasteiger partial charge in [-0.3, -0.25) is 18.6 Å². The highest BCUT2D eigenvalue weighted by molar-refractivity contribution is 7.47. The molecule has 0 saturated heterocycles. The van der Waals surface area contributed by atoms with E-state index in [0.29, 0.717) is 6.42 Å². The number of ether oxygens (including phenoxy) is 2. The molecule has 0 aromatic heterocycles. The standard InChI is InChI=1S/C34H68NO8P/c1-3-5-7-9-11-13-15-16-17-19-20-22-24-26-33(36)40-30-32(31-42-44(38,39)41-29-28-35)43-34(37)27-25-23-21-18-14-12-10-8-6-4-2/h32H,3-31,35H2,1-2H3,(H,38,39). The summed E-state index contributed by atoms with van der Waals surface area (Å²) in [6, 6.07) is 0. The Kier molecular flexibility index (Phi) is 31.3. The van der Waals surface area contributed by atoms with Gasteiger partial charge < -0.3 is 20.1 Å². The minimum absolute atomic E-state index is 0.0575. The second-order valence-corrected chi connectivity index (χ2v) is 13.6. The molecule has 2 atom stereocenters. The first-order valence-corrected chi connectivity index (χ1v) is 19.5. The molecule has 0 radical (unpaired) electrons. The number of nitrogens with two attached hydrogens (primary N) is 1. The van der Waals surface area contributed by atoms with E-state index in [1.807, 2.05) is 0 Å². The van der Waals surface area contributed by atoms with Crippen molar-refractivity contribution >= 4 is 19.8 Å². The zero-order chi connectivity index (χ0) is 32.6. The molecular weight excluding hydrogens is 581 g/mol. The van der Waals surface area contributed by atoms with Gasteiger partial charge >= 0.3 is 19.8 Å². The molecule has 0 heterocycles. The van der Waals surface area contributed by atoms with Crippen LogP contribution in [-0.4, -0.2) is 49.3 Å². The average Bonchev–Trinajstić information content (AvgIpc) is 3.00. The van der Waals surface area contributed by atoms with Gasteiger partial charge in [0, 0.05) is 19.4 Å². The van der Waals surface area contributed by atoms with Gasteiger partial charge in [0.15, 0.2) is 6.10 Å². The Balaban J connectivity index is 4.21. The number of phosphoric acid groups is 1. The number of hydrogen-bond donors (Lipinski definition) is 2. The lowest BCUT2D eigenvalue weighted by atomic mass is 10.0. The van der Waals surface area contributed by atoms with Crippen LogP contribution in [0.2, 0.25) is 0 Å². The molecule has 0 aliphatic heterocycles. The number of carbonyl (C=O) groups excluding carboxylic acids is 2. The number of rotatable bonds is 34. The van der Waals surface area contributed by atoms with Crippen molar-refractivity contribution in [2.24, 2.45) is 5.73 Å². The van der Waals surface area contributed by atoms with Gasteiger partial charge in [-0.1, -0.05) is 149 Å². The van der Waals surface area contributed by atoms with E-state index in [1.165, 1.54) is 109 Å². The second kappa shape index (κ2) is 32.0. The maximum absolute atomic E-state index is 12.4. The van der Waals surface area contributed by atoms with Crippen LogP contribution in [0.5, 0.6) is 0 Å². The van der Waals surface area contributed by atoms with Gasteiger partial charge in [0.1, 0.15) is 6.61 Å². The molecule has 0 aliphatic carbocycles. The Hall–Kier alpha value is -0.990. The average molecular weight is 650 g/mol. The molecule has 44 heavy (non-hydrogen) atoms. The van der Waals surface area contributed by atoms with Crippen molar-refractivity contribution in [1.82, 2.24) is 0 Å². The first-order chi connectivity index (χ1) is 21.3. The quantitative estimate of drug-likeness (QED) is 0.0397. The van der Waals surface area contributed by atoms with E-state index in [0.717, 1.165) is 32.1 Å². The van der Waals surface area contributed by atoms with Gasteiger partial charge in [-0.2, -0.15) is 0 Å². The van der Waals surface area contributed by atoms with Gasteiger partial charge in [-0.25, -0.2) is 4.57 Å². The molecule has 0 saturated carbocycles. The molecule has 0 aliphatic rings. The van der Waals surface area contributed by atoms with Crippen molar-refractivity contribution in [2.75, 3.05) is 26.4 Å². The lowest BCUT2D eigenvalue weighted by molar-refractivity contribution is -0.161. The summed E-state index contributed by atoms with van der Waals surface area (Å²) in [5, 5.41) is 0. The molecule has 3 N–H and O–H groups in total. The van der Waals surface area contributed by atoms with E-state index in [1.54, 1.807) is 0 Å². The van der Waals surface area contributed by atoms with Crippen LogP contribution in [0.3, 0.4) is 0 Å². The van der Waals surface area contributed by atoms with Crippen molar-refractivity contribution in [3.05, 3.63) is 0 Å². The van der Waals surface area contributed by atoms with Gasteiger partial charge in [0.2, 0.25) is 0 Å². The third-order valence-corrected chi connectivity index (χ3v) is 8.73. The minimum atomic E-state index is -4.36. The summed E-state index contributed by atoms with van der Waals surface area (Å²) in [7, 11) is -4.36. The molecular formula is C34H68NO8P. The smallest absolute Gasteiger partial charge is 0.462 e. The largest absolute Gasteiger partial charge is 0.472 e. The van der Waals surface area contributed by atoms with Crippen molar-refractivity contribution in [1.29, 1.82) is 0 Å². The molecule has 262 valence electrons. The van der Waals surface area contributed by atoms with Crippen LogP contribution in [0, 0.1) is 0 Å². The fraction of sp³-hybridized carbons (Fsp3) is 0.941. The van der Waals surface area contributed by atoms with Crippen LogP contribution in [0.25, 0.3) is 0 Å². The second-order valence-electron chi connectivity index (χ2n) is 12.1. The molecule has 0 aromatic rings. The third kappa shape index (κ3) is 31.0. The molecule has 9 nitrogen and oxygen atoms in total. The lowest BCUT2D eigenvalue weighted by Gasteiger charge is -2.19. The van der Waals surface area contributed by atoms with Crippen LogP contribution in [-0.2, 0) is 32.7 Å². The molecule has 0 bridgehead atoms. The van der Waals surface area contributed by atoms with Crippen molar-refractivity contribution < 1.29 is 37.6 Å². The van der Waals surface area contributed by atoms with Crippen LogP contribution in [0.4, 0.5) is 0 Å². The maximum atomic E-state index is 12.4. The fourth-order valence-corrected chi connectivity index (χ4v) is 5.81. The van der Waals surface area contributed by atoms with E-state index < -0.39 is 26.5 Å². The Labute approximate surface area is 269 Å². The molecule has 10 heteroatoms. The van der Waals surface area contributed by atoms with E-state index in [4.69, 9.17) is 24.3 Å². The summed E-state index contributed by atoms with van der Waals surface area (Å²) in [5.74, 6) is -0.822. The van der Waals surface area contributed by atoms with E-state index in [9.17, 15) is 19.0 Å². The van der Waals surface area contributed by atoms with Gasteiger partial charge in [-0.15, -0.1) is 0 Å². The van der Waals surface area contributed by atoms with E-state index in [2.05, 4.69) is 13.8 Å². The Bertz CT molecular complexity index is 709. The number of esters is 2. The summed E-state index contributed by atoms with van der Waals surface area (Å²) < 4.78 is 32.5. The van der Waals surface area contributed by atoms with Crippen LogP contribution >= 0.6 is 7.82 Å². The Morgan fingerprint density at radius 3 is 1.39 bits per heavy atom. The zero-order valence-electron chi connectivity index (χ0n) is 28.4.